The van der Waals surface area contributed by atoms with Gasteiger partial charge in [-0.1, -0.05) is 20.8 Å². The summed E-state index contributed by atoms with van der Waals surface area (Å²) in [5, 5.41) is 10.5. The molecular weight excluding hydrogens is 424 g/mol. The number of hydrogen-bond acceptors (Lipinski definition) is 7. The molecule has 6 nitrogen and oxygen atoms in total. The summed E-state index contributed by atoms with van der Waals surface area (Å²) in [6, 6.07) is 7.77. The minimum atomic E-state index is -0.461. The topological polar surface area (TPSA) is 80.9 Å². The zero-order valence-electron chi connectivity index (χ0n) is 19.4. The number of nitrogens with zero attached hydrogens (tertiary/aromatic N) is 2. The number of ether oxygens (including phenoxy) is 3. The lowest BCUT2D eigenvalue weighted by Gasteiger charge is -2.33. The largest absolute Gasteiger partial charge is 0.490 e. The molecule has 1 aromatic heterocycles. The summed E-state index contributed by atoms with van der Waals surface area (Å²) < 4.78 is 15.8. The molecule has 0 amide bonds. The van der Waals surface area contributed by atoms with Crippen molar-refractivity contribution in [3.63, 3.8) is 0 Å². The van der Waals surface area contributed by atoms with Gasteiger partial charge in [-0.2, -0.15) is 5.26 Å². The first-order valence-corrected chi connectivity index (χ1v) is 11.6. The Kier molecular flexibility index (Phi) is 7.57. The number of fused-ring (bicyclic) bond motifs is 1. The molecule has 1 atom stereocenters. The van der Waals surface area contributed by atoms with E-state index in [9.17, 15) is 10.1 Å². The fourth-order valence-corrected chi connectivity index (χ4v) is 5.06. The zero-order valence-corrected chi connectivity index (χ0v) is 20.2. The van der Waals surface area contributed by atoms with Crippen molar-refractivity contribution >= 4 is 28.5 Å². The molecule has 0 saturated heterocycles. The molecule has 170 valence electrons. The van der Waals surface area contributed by atoms with Crippen LogP contribution in [0, 0.1) is 22.7 Å². The number of aliphatic imine (C=N–C) groups is 1. The first-order valence-electron chi connectivity index (χ1n) is 10.8. The third-order valence-electron chi connectivity index (χ3n) is 5.75. The molecular formula is C25H30N2O4S. The van der Waals surface area contributed by atoms with Crippen LogP contribution in [0.4, 0.5) is 5.00 Å². The fraction of sp³-hybridized carbons (Fsp3) is 0.480. The van der Waals surface area contributed by atoms with E-state index >= 15 is 0 Å². The standard InChI is InChI=1S/C25H30N2O4S/c1-6-30-21-11-16(7-10-20(21)31-15-23(28)29-5)14-27-24-19(13-26)18-9-8-17(25(2,3)4)12-22(18)32-24/h7,10-11,14,17H,6,8-9,12,15H2,1-5H3/t17-/m1/s1. The molecule has 1 aliphatic carbocycles. The van der Waals surface area contributed by atoms with Gasteiger partial charge in [-0.05, 0) is 66.8 Å². The number of esters is 1. The SMILES string of the molecule is CCOc1cc(C=Nc2sc3c(c2C#N)CC[C@@H](C(C)(C)C)C3)ccc1OCC(=O)OC. The highest BCUT2D eigenvalue weighted by Gasteiger charge is 2.32. The van der Waals surface area contributed by atoms with Crippen LogP contribution in [0.2, 0.25) is 0 Å². The molecule has 7 heteroatoms. The van der Waals surface area contributed by atoms with Gasteiger partial charge in [0.25, 0.3) is 0 Å². The van der Waals surface area contributed by atoms with Crippen LogP contribution >= 0.6 is 11.3 Å². The average Bonchev–Trinajstić information content (AvgIpc) is 3.13. The monoisotopic (exact) mass is 454 g/mol. The van der Waals surface area contributed by atoms with Crippen LogP contribution in [-0.4, -0.2) is 32.5 Å². The smallest absolute Gasteiger partial charge is 0.343 e. The van der Waals surface area contributed by atoms with Gasteiger partial charge in [0.15, 0.2) is 18.1 Å². The van der Waals surface area contributed by atoms with Gasteiger partial charge in [-0.25, -0.2) is 9.79 Å². The lowest BCUT2D eigenvalue weighted by molar-refractivity contribution is -0.142. The van der Waals surface area contributed by atoms with Crippen LogP contribution in [0.15, 0.2) is 23.2 Å². The summed E-state index contributed by atoms with van der Waals surface area (Å²) in [6.45, 7) is 9.01. The van der Waals surface area contributed by atoms with E-state index in [0.717, 1.165) is 29.8 Å². The predicted octanol–water partition coefficient (Wildman–Crippen LogP) is 5.47. The number of carbonyl (C=O) groups excluding carboxylic acids is 1. The predicted molar refractivity (Wildman–Crippen MR) is 126 cm³/mol. The van der Waals surface area contributed by atoms with E-state index in [1.807, 2.05) is 19.1 Å². The minimum Gasteiger partial charge on any atom is -0.490 e. The second-order valence-electron chi connectivity index (χ2n) is 8.86. The summed E-state index contributed by atoms with van der Waals surface area (Å²) in [5.74, 6) is 1.15. The van der Waals surface area contributed by atoms with E-state index in [-0.39, 0.29) is 12.0 Å². The summed E-state index contributed by atoms with van der Waals surface area (Å²) >= 11 is 1.63. The molecule has 0 saturated carbocycles. The lowest BCUT2D eigenvalue weighted by Crippen LogP contribution is -2.26. The first kappa shape index (κ1) is 23.8. The highest BCUT2D eigenvalue weighted by atomic mass is 32.1. The highest BCUT2D eigenvalue weighted by molar-refractivity contribution is 7.16. The Morgan fingerprint density at radius 2 is 2.09 bits per heavy atom. The van der Waals surface area contributed by atoms with Crippen molar-refractivity contribution in [2.24, 2.45) is 16.3 Å². The van der Waals surface area contributed by atoms with Gasteiger partial charge >= 0.3 is 5.97 Å². The number of benzene rings is 1. The van der Waals surface area contributed by atoms with Crippen molar-refractivity contribution in [3.8, 4) is 17.6 Å². The van der Waals surface area contributed by atoms with Crippen LogP contribution in [0.3, 0.4) is 0 Å². The first-order chi connectivity index (χ1) is 15.3. The van der Waals surface area contributed by atoms with E-state index in [0.29, 0.717) is 29.6 Å². The number of methoxy groups -OCH3 is 1. The summed E-state index contributed by atoms with van der Waals surface area (Å²) in [4.78, 5) is 17.3. The van der Waals surface area contributed by atoms with Gasteiger partial charge in [-0.15, -0.1) is 11.3 Å². The van der Waals surface area contributed by atoms with Crippen molar-refractivity contribution in [1.29, 1.82) is 5.26 Å². The van der Waals surface area contributed by atoms with Gasteiger partial charge in [0, 0.05) is 11.1 Å². The summed E-state index contributed by atoms with van der Waals surface area (Å²) in [5.41, 5.74) is 2.95. The Hall–Kier alpha value is -2.85. The third-order valence-corrected chi connectivity index (χ3v) is 6.92. The van der Waals surface area contributed by atoms with E-state index in [1.165, 1.54) is 17.6 Å². The molecule has 0 N–H and O–H groups in total. The molecule has 1 aromatic carbocycles. The van der Waals surface area contributed by atoms with E-state index in [2.05, 4.69) is 36.6 Å². The molecule has 0 bridgehead atoms. The van der Waals surface area contributed by atoms with Gasteiger partial charge in [0.2, 0.25) is 0 Å². The number of rotatable bonds is 7. The van der Waals surface area contributed by atoms with Crippen molar-refractivity contribution < 1.29 is 19.0 Å². The van der Waals surface area contributed by atoms with Crippen LogP contribution < -0.4 is 9.47 Å². The quantitative estimate of drug-likeness (QED) is 0.409. The van der Waals surface area contributed by atoms with Crippen molar-refractivity contribution in [2.75, 3.05) is 20.3 Å². The van der Waals surface area contributed by atoms with E-state index < -0.39 is 5.97 Å². The highest BCUT2D eigenvalue weighted by Crippen LogP contribution is 2.44. The molecule has 0 radical (unpaired) electrons. The van der Waals surface area contributed by atoms with Crippen molar-refractivity contribution in [2.45, 2.75) is 47.0 Å². The zero-order chi connectivity index (χ0) is 23.3. The van der Waals surface area contributed by atoms with Gasteiger partial charge in [0.1, 0.15) is 11.1 Å². The number of hydrogen-bond donors (Lipinski definition) is 0. The molecule has 0 unspecified atom stereocenters. The van der Waals surface area contributed by atoms with Crippen LogP contribution in [0.25, 0.3) is 0 Å². The maximum absolute atomic E-state index is 11.4. The van der Waals surface area contributed by atoms with E-state index in [1.54, 1.807) is 23.6 Å². The molecule has 2 aromatic rings. The van der Waals surface area contributed by atoms with Crippen LogP contribution in [0.1, 0.15) is 55.7 Å². The Morgan fingerprint density at radius 3 is 2.75 bits per heavy atom. The van der Waals surface area contributed by atoms with E-state index in [4.69, 9.17) is 9.47 Å². The maximum atomic E-state index is 11.4. The average molecular weight is 455 g/mol. The number of nitriles is 1. The Bertz CT molecular complexity index is 1040. The van der Waals surface area contributed by atoms with Crippen molar-refractivity contribution in [1.82, 2.24) is 0 Å². The maximum Gasteiger partial charge on any atom is 0.343 e. The molecule has 3 rings (SSSR count). The molecule has 1 aliphatic rings. The molecule has 0 fully saturated rings. The molecule has 32 heavy (non-hydrogen) atoms. The van der Waals surface area contributed by atoms with Crippen LogP contribution in [0.5, 0.6) is 11.5 Å². The Labute approximate surface area is 193 Å². The Morgan fingerprint density at radius 1 is 1.31 bits per heavy atom. The third kappa shape index (κ3) is 5.49. The summed E-state index contributed by atoms with van der Waals surface area (Å²) in [6.07, 6.45) is 4.79. The van der Waals surface area contributed by atoms with Crippen LogP contribution in [-0.2, 0) is 22.4 Å². The lowest BCUT2D eigenvalue weighted by atomic mass is 9.72. The second kappa shape index (κ2) is 10.2. The van der Waals surface area contributed by atoms with Gasteiger partial charge < -0.3 is 14.2 Å². The second-order valence-corrected chi connectivity index (χ2v) is 9.95. The molecule has 0 spiro atoms. The number of carbonyl (C=O) groups is 1. The fourth-order valence-electron chi connectivity index (χ4n) is 3.84. The molecule has 0 aliphatic heterocycles. The van der Waals surface area contributed by atoms with Gasteiger partial charge in [0.05, 0.1) is 19.3 Å². The van der Waals surface area contributed by atoms with Crippen molar-refractivity contribution in [3.05, 3.63) is 39.8 Å². The minimum absolute atomic E-state index is 0.189. The molecule has 1 heterocycles. The Balaban J connectivity index is 1.83. The van der Waals surface area contributed by atoms with Gasteiger partial charge in [-0.3, -0.25) is 0 Å². The summed E-state index contributed by atoms with van der Waals surface area (Å²) in [7, 11) is 1.32. The number of thiophene rings is 1. The normalized spacial score (nSPS) is 15.8.